The summed E-state index contributed by atoms with van der Waals surface area (Å²) in [6.07, 6.45) is 3.84. The van der Waals surface area contributed by atoms with Gasteiger partial charge in [0, 0.05) is 13.2 Å². The second kappa shape index (κ2) is 6.80. The number of carbonyl (C=O) groups is 1. The largest absolute Gasteiger partial charge is 0.396 e. The molecule has 1 aliphatic heterocycles. The van der Waals surface area contributed by atoms with Crippen molar-refractivity contribution in [1.29, 1.82) is 0 Å². The fourth-order valence-electron chi connectivity index (χ4n) is 1.92. The molecule has 1 amide bonds. The summed E-state index contributed by atoms with van der Waals surface area (Å²) in [6.45, 7) is 4.03. The predicted octanol–water partition coefficient (Wildman–Crippen LogP) is 0.263. The molecule has 1 saturated heterocycles. The third-order valence-electron chi connectivity index (χ3n) is 2.95. The minimum absolute atomic E-state index is 0.00263. The van der Waals surface area contributed by atoms with Gasteiger partial charge in [0.25, 0.3) is 0 Å². The van der Waals surface area contributed by atoms with Crippen molar-refractivity contribution >= 4 is 5.91 Å². The van der Waals surface area contributed by atoms with Gasteiger partial charge in [-0.05, 0) is 38.1 Å². The Bertz CT molecular complexity index is 197. The molecule has 0 aromatic rings. The second-order valence-corrected chi connectivity index (χ2v) is 4.27. The van der Waals surface area contributed by atoms with E-state index in [9.17, 15) is 4.79 Å². The van der Waals surface area contributed by atoms with Crippen LogP contribution in [-0.2, 0) is 4.79 Å². The SMILES string of the molecule is CC1CCNC1C(=O)NCCCCCO. The van der Waals surface area contributed by atoms with E-state index in [0.29, 0.717) is 5.92 Å². The zero-order valence-electron chi connectivity index (χ0n) is 9.46. The molecule has 88 valence electrons. The number of aliphatic hydroxyl groups is 1. The summed E-state index contributed by atoms with van der Waals surface area (Å²) in [5.74, 6) is 0.575. The van der Waals surface area contributed by atoms with Gasteiger partial charge in [-0.15, -0.1) is 0 Å². The van der Waals surface area contributed by atoms with Crippen LogP contribution in [-0.4, -0.2) is 36.8 Å². The zero-order valence-corrected chi connectivity index (χ0v) is 9.46. The highest BCUT2D eigenvalue weighted by atomic mass is 16.2. The van der Waals surface area contributed by atoms with Crippen molar-refractivity contribution in [1.82, 2.24) is 10.6 Å². The van der Waals surface area contributed by atoms with Crippen LogP contribution in [0.2, 0.25) is 0 Å². The molecule has 0 saturated carbocycles. The van der Waals surface area contributed by atoms with Crippen LogP contribution in [0.25, 0.3) is 0 Å². The van der Waals surface area contributed by atoms with Gasteiger partial charge in [-0.2, -0.15) is 0 Å². The zero-order chi connectivity index (χ0) is 11.1. The van der Waals surface area contributed by atoms with Crippen LogP contribution in [0.3, 0.4) is 0 Å². The van der Waals surface area contributed by atoms with Crippen molar-refractivity contribution in [2.75, 3.05) is 19.7 Å². The lowest BCUT2D eigenvalue weighted by Gasteiger charge is -2.15. The van der Waals surface area contributed by atoms with Crippen LogP contribution in [0.15, 0.2) is 0 Å². The van der Waals surface area contributed by atoms with Crippen LogP contribution >= 0.6 is 0 Å². The van der Waals surface area contributed by atoms with Gasteiger partial charge in [-0.25, -0.2) is 0 Å². The normalized spacial score (nSPS) is 25.5. The van der Waals surface area contributed by atoms with E-state index in [-0.39, 0.29) is 18.6 Å². The van der Waals surface area contributed by atoms with E-state index in [1.807, 2.05) is 0 Å². The second-order valence-electron chi connectivity index (χ2n) is 4.27. The number of unbranched alkanes of at least 4 members (excludes halogenated alkanes) is 2. The summed E-state index contributed by atoms with van der Waals surface area (Å²) < 4.78 is 0. The Labute approximate surface area is 91.4 Å². The Hall–Kier alpha value is -0.610. The van der Waals surface area contributed by atoms with E-state index in [2.05, 4.69) is 17.6 Å². The van der Waals surface area contributed by atoms with Gasteiger partial charge in [0.05, 0.1) is 6.04 Å². The van der Waals surface area contributed by atoms with E-state index in [1.54, 1.807) is 0 Å². The molecule has 3 N–H and O–H groups in total. The van der Waals surface area contributed by atoms with Crippen molar-refractivity contribution in [3.05, 3.63) is 0 Å². The summed E-state index contributed by atoms with van der Waals surface area (Å²) in [6, 6.07) is 0.00263. The average molecular weight is 214 g/mol. The summed E-state index contributed by atoms with van der Waals surface area (Å²) in [7, 11) is 0. The summed E-state index contributed by atoms with van der Waals surface area (Å²) >= 11 is 0. The molecule has 1 aliphatic rings. The Morgan fingerprint density at radius 2 is 2.27 bits per heavy atom. The molecule has 4 nitrogen and oxygen atoms in total. The predicted molar refractivity (Wildman–Crippen MR) is 59.5 cm³/mol. The molecule has 0 aromatic carbocycles. The fourth-order valence-corrected chi connectivity index (χ4v) is 1.92. The minimum atomic E-state index is 0.00263. The molecular formula is C11H22N2O2. The number of nitrogens with one attached hydrogen (secondary N) is 2. The topological polar surface area (TPSA) is 61.4 Å². The Kier molecular flexibility index (Phi) is 5.65. The molecule has 1 rings (SSSR count). The first-order chi connectivity index (χ1) is 7.25. The first kappa shape index (κ1) is 12.5. The monoisotopic (exact) mass is 214 g/mol. The highest BCUT2D eigenvalue weighted by molar-refractivity contribution is 5.82. The maximum Gasteiger partial charge on any atom is 0.237 e. The lowest BCUT2D eigenvalue weighted by atomic mass is 10.0. The molecule has 0 radical (unpaired) electrons. The first-order valence-corrected chi connectivity index (χ1v) is 5.87. The van der Waals surface area contributed by atoms with Gasteiger partial charge in [0.1, 0.15) is 0 Å². The summed E-state index contributed by atoms with van der Waals surface area (Å²) in [5.41, 5.74) is 0. The quantitative estimate of drug-likeness (QED) is 0.556. The first-order valence-electron chi connectivity index (χ1n) is 5.87. The number of carbonyl (C=O) groups excluding carboxylic acids is 1. The molecule has 2 atom stereocenters. The van der Waals surface area contributed by atoms with E-state index < -0.39 is 0 Å². The van der Waals surface area contributed by atoms with Crippen molar-refractivity contribution < 1.29 is 9.90 Å². The molecule has 0 spiro atoms. The molecule has 2 unspecified atom stereocenters. The van der Waals surface area contributed by atoms with Gasteiger partial charge in [0.2, 0.25) is 5.91 Å². The Balaban J connectivity index is 2.08. The molecule has 1 fully saturated rings. The minimum Gasteiger partial charge on any atom is -0.396 e. The third-order valence-corrected chi connectivity index (χ3v) is 2.95. The van der Waals surface area contributed by atoms with E-state index >= 15 is 0 Å². The Morgan fingerprint density at radius 3 is 2.87 bits per heavy atom. The van der Waals surface area contributed by atoms with Gasteiger partial charge < -0.3 is 15.7 Å². The van der Waals surface area contributed by atoms with Crippen LogP contribution in [0, 0.1) is 5.92 Å². The van der Waals surface area contributed by atoms with Crippen LogP contribution in [0.1, 0.15) is 32.6 Å². The van der Waals surface area contributed by atoms with Crippen molar-refractivity contribution in [3.63, 3.8) is 0 Å². The molecule has 4 heteroatoms. The number of hydrogen-bond donors (Lipinski definition) is 3. The van der Waals surface area contributed by atoms with Crippen LogP contribution in [0.5, 0.6) is 0 Å². The molecule has 0 aliphatic carbocycles. The molecule has 15 heavy (non-hydrogen) atoms. The smallest absolute Gasteiger partial charge is 0.237 e. The summed E-state index contributed by atoms with van der Waals surface area (Å²) in [5, 5.41) is 14.7. The van der Waals surface area contributed by atoms with E-state index in [1.165, 1.54) is 0 Å². The van der Waals surface area contributed by atoms with Crippen LogP contribution in [0.4, 0.5) is 0 Å². The Morgan fingerprint density at radius 1 is 1.47 bits per heavy atom. The van der Waals surface area contributed by atoms with Gasteiger partial charge in [-0.1, -0.05) is 6.92 Å². The third kappa shape index (κ3) is 4.18. The number of rotatable bonds is 6. The standard InChI is InChI=1S/C11H22N2O2/c1-9-5-7-12-10(9)11(15)13-6-3-2-4-8-14/h9-10,12,14H,2-8H2,1H3,(H,13,15). The highest BCUT2D eigenvalue weighted by Crippen LogP contribution is 2.14. The molecule has 0 aromatic heterocycles. The maximum absolute atomic E-state index is 11.7. The lowest BCUT2D eigenvalue weighted by Crippen LogP contribution is -2.43. The fraction of sp³-hybridized carbons (Fsp3) is 0.909. The van der Waals surface area contributed by atoms with Gasteiger partial charge in [-0.3, -0.25) is 4.79 Å². The number of aliphatic hydroxyl groups excluding tert-OH is 1. The number of amides is 1. The molecule has 1 heterocycles. The molecular weight excluding hydrogens is 192 g/mol. The van der Waals surface area contributed by atoms with Crippen molar-refractivity contribution in [2.45, 2.75) is 38.6 Å². The number of hydrogen-bond acceptors (Lipinski definition) is 3. The van der Waals surface area contributed by atoms with Crippen molar-refractivity contribution in [2.24, 2.45) is 5.92 Å². The summed E-state index contributed by atoms with van der Waals surface area (Å²) in [4.78, 5) is 11.7. The maximum atomic E-state index is 11.7. The van der Waals surface area contributed by atoms with E-state index in [0.717, 1.165) is 38.8 Å². The van der Waals surface area contributed by atoms with E-state index in [4.69, 9.17) is 5.11 Å². The average Bonchev–Trinajstić information content (AvgIpc) is 2.64. The molecule has 0 bridgehead atoms. The van der Waals surface area contributed by atoms with Gasteiger partial charge in [0.15, 0.2) is 0 Å². The van der Waals surface area contributed by atoms with Crippen LogP contribution < -0.4 is 10.6 Å². The van der Waals surface area contributed by atoms with Gasteiger partial charge >= 0.3 is 0 Å². The van der Waals surface area contributed by atoms with Crippen molar-refractivity contribution in [3.8, 4) is 0 Å². The lowest BCUT2D eigenvalue weighted by molar-refractivity contribution is -0.123. The highest BCUT2D eigenvalue weighted by Gasteiger charge is 2.28.